The van der Waals surface area contributed by atoms with Gasteiger partial charge in [0.1, 0.15) is 11.5 Å². The van der Waals surface area contributed by atoms with Gasteiger partial charge in [0, 0.05) is 43.0 Å². The molecule has 0 atom stereocenters. The molecule has 3 aromatic rings. The molecule has 3 aromatic carbocycles. The van der Waals surface area contributed by atoms with Crippen LogP contribution in [0.5, 0.6) is 11.5 Å². The highest BCUT2D eigenvalue weighted by atomic mass is 16.5. The van der Waals surface area contributed by atoms with Crippen LogP contribution in [0.2, 0.25) is 0 Å². The Morgan fingerprint density at radius 2 is 1.27 bits per heavy atom. The number of nitrogens with zero attached hydrogens (tertiary/aromatic N) is 2. The highest BCUT2D eigenvalue weighted by molar-refractivity contribution is 5.95. The molecule has 0 N–H and O–H groups in total. The van der Waals surface area contributed by atoms with Crippen molar-refractivity contribution in [2.75, 3.05) is 31.1 Å². The Hall–Kier alpha value is -3.60. The maximum absolute atomic E-state index is 12.9. The molecule has 0 saturated carbocycles. The summed E-state index contributed by atoms with van der Waals surface area (Å²) in [7, 11) is 0. The largest absolute Gasteiger partial charge is 0.457 e. The fourth-order valence-corrected chi connectivity index (χ4v) is 3.55. The molecule has 0 aliphatic carbocycles. The van der Waals surface area contributed by atoms with Crippen molar-refractivity contribution in [2.45, 2.75) is 6.92 Å². The molecular formula is C25H24N2O3. The Labute approximate surface area is 176 Å². The second kappa shape index (κ2) is 8.82. The van der Waals surface area contributed by atoms with Crippen LogP contribution >= 0.6 is 0 Å². The number of piperazine rings is 1. The number of ether oxygens (including phenoxy) is 1. The smallest absolute Gasteiger partial charge is 0.253 e. The number of hydrogen-bond acceptors (Lipinski definition) is 4. The summed E-state index contributed by atoms with van der Waals surface area (Å²) in [4.78, 5) is 28.4. The van der Waals surface area contributed by atoms with Crippen molar-refractivity contribution in [3.05, 3.63) is 90.0 Å². The van der Waals surface area contributed by atoms with E-state index in [4.69, 9.17) is 4.74 Å². The summed E-state index contributed by atoms with van der Waals surface area (Å²) in [6.07, 6.45) is 0. The number of ketones is 1. The highest BCUT2D eigenvalue weighted by Crippen LogP contribution is 2.22. The standard InChI is InChI=1S/C25H24N2O3/c1-19(28)20-7-11-22(12-8-20)26-15-17-27(18-16-26)25(29)21-9-13-24(14-10-21)30-23-5-3-2-4-6-23/h2-14H,15-18H2,1H3. The maximum Gasteiger partial charge on any atom is 0.253 e. The van der Waals surface area contributed by atoms with Gasteiger partial charge < -0.3 is 14.5 Å². The van der Waals surface area contributed by atoms with Gasteiger partial charge in [-0.3, -0.25) is 9.59 Å². The monoisotopic (exact) mass is 400 g/mol. The first-order valence-corrected chi connectivity index (χ1v) is 10.1. The molecule has 1 heterocycles. The van der Waals surface area contributed by atoms with Crippen LogP contribution in [-0.2, 0) is 0 Å². The van der Waals surface area contributed by atoms with Crippen LogP contribution in [0.1, 0.15) is 27.6 Å². The molecule has 0 radical (unpaired) electrons. The number of amides is 1. The van der Waals surface area contributed by atoms with Gasteiger partial charge >= 0.3 is 0 Å². The molecule has 152 valence electrons. The van der Waals surface area contributed by atoms with Crippen LogP contribution in [0.25, 0.3) is 0 Å². The third-order valence-corrected chi connectivity index (χ3v) is 5.29. The summed E-state index contributed by atoms with van der Waals surface area (Å²) >= 11 is 0. The summed E-state index contributed by atoms with van der Waals surface area (Å²) in [5.41, 5.74) is 2.46. The molecule has 1 aliphatic heterocycles. The van der Waals surface area contributed by atoms with Crippen LogP contribution in [0, 0.1) is 0 Å². The maximum atomic E-state index is 12.9. The van der Waals surface area contributed by atoms with E-state index in [-0.39, 0.29) is 11.7 Å². The van der Waals surface area contributed by atoms with Gasteiger partial charge in [-0.2, -0.15) is 0 Å². The molecule has 0 spiro atoms. The second-order valence-electron chi connectivity index (χ2n) is 7.32. The van der Waals surface area contributed by atoms with E-state index >= 15 is 0 Å². The number of benzene rings is 3. The molecule has 5 nitrogen and oxygen atoms in total. The average Bonchev–Trinajstić information content (AvgIpc) is 2.80. The van der Waals surface area contributed by atoms with Gasteiger partial charge in [0.2, 0.25) is 0 Å². The average molecular weight is 400 g/mol. The molecule has 1 aliphatic rings. The van der Waals surface area contributed by atoms with Crippen molar-refractivity contribution in [3.8, 4) is 11.5 Å². The van der Waals surface area contributed by atoms with E-state index in [1.54, 1.807) is 6.92 Å². The minimum atomic E-state index is 0.0350. The van der Waals surface area contributed by atoms with Gasteiger partial charge in [0.15, 0.2) is 5.78 Å². The summed E-state index contributed by atoms with van der Waals surface area (Å²) in [6.45, 7) is 4.42. The van der Waals surface area contributed by atoms with Crippen LogP contribution in [0.3, 0.4) is 0 Å². The predicted molar refractivity (Wildman–Crippen MR) is 118 cm³/mol. The molecule has 0 bridgehead atoms. The Morgan fingerprint density at radius 1 is 0.700 bits per heavy atom. The Bertz CT molecular complexity index is 1010. The lowest BCUT2D eigenvalue weighted by molar-refractivity contribution is 0.0746. The number of carbonyl (C=O) groups is 2. The van der Waals surface area contributed by atoms with Crippen LogP contribution in [0.4, 0.5) is 5.69 Å². The van der Waals surface area contributed by atoms with Gasteiger partial charge in [0.25, 0.3) is 5.91 Å². The first kappa shape index (κ1) is 19.7. The van der Waals surface area contributed by atoms with E-state index in [0.29, 0.717) is 30.0 Å². The minimum Gasteiger partial charge on any atom is -0.457 e. The third-order valence-electron chi connectivity index (χ3n) is 5.29. The molecule has 1 fully saturated rings. The SMILES string of the molecule is CC(=O)c1ccc(N2CCN(C(=O)c3ccc(Oc4ccccc4)cc3)CC2)cc1. The van der Waals surface area contributed by atoms with Crippen molar-refractivity contribution < 1.29 is 14.3 Å². The Kier molecular flexibility index (Phi) is 5.80. The normalized spacial score (nSPS) is 13.8. The number of carbonyl (C=O) groups excluding carboxylic acids is 2. The number of hydrogen-bond donors (Lipinski definition) is 0. The number of rotatable bonds is 5. The minimum absolute atomic E-state index is 0.0350. The van der Waals surface area contributed by atoms with Gasteiger partial charge in [-0.1, -0.05) is 18.2 Å². The van der Waals surface area contributed by atoms with Crippen molar-refractivity contribution in [1.29, 1.82) is 0 Å². The summed E-state index contributed by atoms with van der Waals surface area (Å²) < 4.78 is 5.79. The van der Waals surface area contributed by atoms with Crippen LogP contribution in [-0.4, -0.2) is 42.8 Å². The van der Waals surface area contributed by atoms with Crippen molar-refractivity contribution in [1.82, 2.24) is 4.90 Å². The van der Waals surface area contributed by atoms with E-state index in [0.717, 1.165) is 24.5 Å². The van der Waals surface area contributed by atoms with E-state index in [1.807, 2.05) is 83.8 Å². The van der Waals surface area contributed by atoms with Gasteiger partial charge in [-0.15, -0.1) is 0 Å². The lowest BCUT2D eigenvalue weighted by Gasteiger charge is -2.36. The van der Waals surface area contributed by atoms with Crippen LogP contribution in [0.15, 0.2) is 78.9 Å². The van der Waals surface area contributed by atoms with E-state index in [2.05, 4.69) is 4.90 Å². The summed E-state index contributed by atoms with van der Waals surface area (Å²) in [5.74, 6) is 1.57. The fraction of sp³-hybridized carbons (Fsp3) is 0.200. The number of anilines is 1. The Morgan fingerprint density at radius 3 is 1.87 bits per heavy atom. The van der Waals surface area contributed by atoms with Crippen molar-refractivity contribution in [2.24, 2.45) is 0 Å². The highest BCUT2D eigenvalue weighted by Gasteiger charge is 2.22. The molecule has 0 unspecified atom stereocenters. The first-order chi connectivity index (χ1) is 14.6. The van der Waals surface area contributed by atoms with Gasteiger partial charge in [-0.25, -0.2) is 0 Å². The topological polar surface area (TPSA) is 49.9 Å². The zero-order chi connectivity index (χ0) is 20.9. The molecule has 1 saturated heterocycles. The molecule has 30 heavy (non-hydrogen) atoms. The van der Waals surface area contributed by atoms with E-state index in [1.165, 1.54) is 0 Å². The third kappa shape index (κ3) is 4.51. The van der Waals surface area contributed by atoms with Crippen molar-refractivity contribution >= 4 is 17.4 Å². The summed E-state index contributed by atoms with van der Waals surface area (Å²) in [5, 5.41) is 0. The number of para-hydroxylation sites is 1. The van der Waals surface area contributed by atoms with E-state index in [9.17, 15) is 9.59 Å². The first-order valence-electron chi connectivity index (χ1n) is 10.1. The van der Waals surface area contributed by atoms with Gasteiger partial charge in [-0.05, 0) is 67.6 Å². The molecule has 1 amide bonds. The second-order valence-corrected chi connectivity index (χ2v) is 7.32. The zero-order valence-corrected chi connectivity index (χ0v) is 17.0. The Balaban J connectivity index is 1.34. The molecular weight excluding hydrogens is 376 g/mol. The predicted octanol–water partition coefficient (Wildman–Crippen LogP) is 4.64. The van der Waals surface area contributed by atoms with E-state index < -0.39 is 0 Å². The van der Waals surface area contributed by atoms with Gasteiger partial charge in [0.05, 0.1) is 0 Å². The quantitative estimate of drug-likeness (QED) is 0.585. The molecule has 4 rings (SSSR count). The zero-order valence-electron chi connectivity index (χ0n) is 17.0. The lowest BCUT2D eigenvalue weighted by Crippen LogP contribution is -2.48. The number of Topliss-reactive ketones (excluding diaryl/α,β-unsaturated/α-hetero) is 1. The lowest BCUT2D eigenvalue weighted by atomic mass is 10.1. The van der Waals surface area contributed by atoms with Crippen molar-refractivity contribution in [3.63, 3.8) is 0 Å². The molecule has 0 aromatic heterocycles. The van der Waals surface area contributed by atoms with Crippen LogP contribution < -0.4 is 9.64 Å². The summed E-state index contributed by atoms with van der Waals surface area (Å²) in [6, 6.07) is 24.5. The molecule has 5 heteroatoms. The fourth-order valence-electron chi connectivity index (χ4n) is 3.55.